The summed E-state index contributed by atoms with van der Waals surface area (Å²) in [5, 5.41) is 8.61. The summed E-state index contributed by atoms with van der Waals surface area (Å²) in [6.45, 7) is 5.83. The maximum atomic E-state index is 10.9. The monoisotopic (exact) mass is 250 g/mol. The van der Waals surface area contributed by atoms with Crippen molar-refractivity contribution in [2.24, 2.45) is 5.92 Å². The van der Waals surface area contributed by atoms with Crippen LogP contribution in [0.15, 0.2) is 0 Å². The van der Waals surface area contributed by atoms with E-state index in [0.29, 0.717) is 19.8 Å². The third-order valence-electron chi connectivity index (χ3n) is 2.01. The summed E-state index contributed by atoms with van der Waals surface area (Å²) < 4.78 is 10.2. The van der Waals surface area contributed by atoms with Crippen molar-refractivity contribution in [1.29, 1.82) is 0 Å². The minimum Gasteiger partial charge on any atom is -0.480 e. The van der Waals surface area contributed by atoms with Crippen molar-refractivity contribution in [3.63, 3.8) is 0 Å². The average molecular weight is 250 g/mol. The van der Waals surface area contributed by atoms with Crippen molar-refractivity contribution in [2.75, 3.05) is 32.7 Å². The van der Waals surface area contributed by atoms with E-state index in [1.807, 2.05) is 13.8 Å². The van der Waals surface area contributed by atoms with E-state index in [9.17, 15) is 4.79 Å². The molecule has 1 atom stereocenters. The summed E-state index contributed by atoms with van der Waals surface area (Å²) in [6.07, 6.45) is 0.883. The highest BCUT2D eigenvalue weighted by molar-refractivity contribution is 8.00. The molecule has 5 heteroatoms. The molecule has 0 aliphatic carbocycles. The molecule has 0 fully saturated rings. The molecule has 16 heavy (non-hydrogen) atoms. The third kappa shape index (κ3) is 7.96. The van der Waals surface area contributed by atoms with Gasteiger partial charge in [-0.25, -0.2) is 0 Å². The SMILES string of the molecule is COCCCOCCSC(C(=O)O)C(C)C. The van der Waals surface area contributed by atoms with Gasteiger partial charge in [0.2, 0.25) is 0 Å². The summed E-state index contributed by atoms with van der Waals surface area (Å²) in [5.74, 6) is 0.137. The van der Waals surface area contributed by atoms with Crippen molar-refractivity contribution >= 4 is 17.7 Å². The molecule has 0 aliphatic rings. The number of hydrogen-bond donors (Lipinski definition) is 1. The Kier molecular flexibility index (Phi) is 9.77. The van der Waals surface area contributed by atoms with Gasteiger partial charge in [0.05, 0.1) is 6.61 Å². The average Bonchev–Trinajstić information content (AvgIpc) is 2.21. The Balaban J connectivity index is 3.45. The van der Waals surface area contributed by atoms with Crippen molar-refractivity contribution in [3.8, 4) is 0 Å². The van der Waals surface area contributed by atoms with Gasteiger partial charge in [-0.05, 0) is 12.3 Å². The van der Waals surface area contributed by atoms with Crippen LogP contribution in [0.3, 0.4) is 0 Å². The standard InChI is InChI=1S/C11H22O4S/c1-9(2)10(11(12)13)16-8-7-15-6-4-5-14-3/h9-10H,4-8H2,1-3H3,(H,12,13). The van der Waals surface area contributed by atoms with Gasteiger partial charge >= 0.3 is 5.97 Å². The Hall–Kier alpha value is -0.260. The Bertz CT molecular complexity index is 185. The van der Waals surface area contributed by atoms with Crippen molar-refractivity contribution in [2.45, 2.75) is 25.5 Å². The smallest absolute Gasteiger partial charge is 0.316 e. The lowest BCUT2D eigenvalue weighted by Crippen LogP contribution is -2.23. The van der Waals surface area contributed by atoms with Crippen LogP contribution >= 0.6 is 11.8 Å². The fraction of sp³-hybridized carbons (Fsp3) is 0.909. The topological polar surface area (TPSA) is 55.8 Å². The van der Waals surface area contributed by atoms with E-state index in [1.54, 1.807) is 7.11 Å². The van der Waals surface area contributed by atoms with Crippen LogP contribution in [0.2, 0.25) is 0 Å². The normalized spacial score (nSPS) is 13.0. The van der Waals surface area contributed by atoms with E-state index >= 15 is 0 Å². The van der Waals surface area contributed by atoms with Gasteiger partial charge in [0.15, 0.2) is 0 Å². The summed E-state index contributed by atoms with van der Waals surface area (Å²) in [6, 6.07) is 0. The number of rotatable bonds is 10. The molecule has 0 aromatic rings. The lowest BCUT2D eigenvalue weighted by atomic mass is 10.1. The number of hydrogen-bond acceptors (Lipinski definition) is 4. The maximum absolute atomic E-state index is 10.9. The second kappa shape index (κ2) is 9.93. The number of carboxylic acids is 1. The molecule has 0 heterocycles. The van der Waals surface area contributed by atoms with Gasteiger partial charge in [-0.1, -0.05) is 13.8 Å². The molecule has 0 spiro atoms. The van der Waals surface area contributed by atoms with E-state index in [0.717, 1.165) is 12.2 Å². The molecule has 1 N–H and O–H groups in total. The van der Waals surface area contributed by atoms with E-state index in [-0.39, 0.29) is 11.2 Å². The first-order chi connectivity index (χ1) is 7.59. The predicted molar refractivity (Wildman–Crippen MR) is 66.0 cm³/mol. The summed E-state index contributed by atoms with van der Waals surface area (Å²) in [5.41, 5.74) is 0. The van der Waals surface area contributed by atoms with Gasteiger partial charge < -0.3 is 14.6 Å². The molecule has 0 rings (SSSR count). The van der Waals surface area contributed by atoms with Crippen LogP contribution < -0.4 is 0 Å². The van der Waals surface area contributed by atoms with Gasteiger partial charge in [0, 0.05) is 26.1 Å². The van der Waals surface area contributed by atoms with Crippen LogP contribution in [-0.2, 0) is 14.3 Å². The molecule has 0 aromatic carbocycles. The number of thioether (sulfide) groups is 1. The number of aliphatic carboxylic acids is 1. The predicted octanol–water partition coefficient (Wildman–Crippen LogP) is 1.88. The fourth-order valence-corrected chi connectivity index (χ4v) is 2.19. The number of carboxylic acid groups (broad SMARTS) is 1. The molecule has 0 saturated heterocycles. The van der Waals surface area contributed by atoms with Crippen LogP contribution in [0.5, 0.6) is 0 Å². The minimum absolute atomic E-state index is 0.149. The molecular formula is C11H22O4S. The van der Waals surface area contributed by atoms with Crippen molar-refractivity contribution in [1.82, 2.24) is 0 Å². The molecule has 0 radical (unpaired) electrons. The highest BCUT2D eigenvalue weighted by atomic mass is 32.2. The van der Waals surface area contributed by atoms with E-state index in [2.05, 4.69) is 0 Å². The fourth-order valence-electron chi connectivity index (χ4n) is 1.19. The zero-order valence-electron chi connectivity index (χ0n) is 10.3. The molecule has 0 bridgehead atoms. The van der Waals surface area contributed by atoms with Gasteiger partial charge in [-0.15, -0.1) is 11.8 Å². The zero-order chi connectivity index (χ0) is 12.4. The number of carbonyl (C=O) groups is 1. The van der Waals surface area contributed by atoms with Gasteiger partial charge in [-0.3, -0.25) is 4.79 Å². The van der Waals surface area contributed by atoms with Crippen LogP contribution in [0.4, 0.5) is 0 Å². The highest BCUT2D eigenvalue weighted by Crippen LogP contribution is 2.19. The van der Waals surface area contributed by atoms with Crippen LogP contribution in [0, 0.1) is 5.92 Å². The lowest BCUT2D eigenvalue weighted by Gasteiger charge is -2.15. The quantitative estimate of drug-likeness (QED) is 0.600. The minimum atomic E-state index is -0.737. The Labute approximate surface area is 102 Å². The summed E-state index contributed by atoms with van der Waals surface area (Å²) in [7, 11) is 1.66. The highest BCUT2D eigenvalue weighted by Gasteiger charge is 2.21. The zero-order valence-corrected chi connectivity index (χ0v) is 11.1. The van der Waals surface area contributed by atoms with Crippen molar-refractivity contribution in [3.05, 3.63) is 0 Å². The first-order valence-corrected chi connectivity index (χ1v) is 6.55. The number of methoxy groups -OCH3 is 1. The van der Waals surface area contributed by atoms with E-state index in [4.69, 9.17) is 14.6 Å². The first kappa shape index (κ1) is 15.7. The van der Waals surface area contributed by atoms with Gasteiger partial charge in [0.25, 0.3) is 0 Å². The van der Waals surface area contributed by atoms with Crippen LogP contribution in [0.25, 0.3) is 0 Å². The first-order valence-electron chi connectivity index (χ1n) is 5.50. The Morgan fingerprint density at radius 3 is 2.50 bits per heavy atom. The maximum Gasteiger partial charge on any atom is 0.316 e. The van der Waals surface area contributed by atoms with E-state index in [1.165, 1.54) is 11.8 Å². The van der Waals surface area contributed by atoms with Crippen LogP contribution in [0.1, 0.15) is 20.3 Å². The summed E-state index contributed by atoms with van der Waals surface area (Å²) >= 11 is 1.45. The molecule has 0 aromatic heterocycles. The Morgan fingerprint density at radius 1 is 1.31 bits per heavy atom. The second-order valence-electron chi connectivity index (χ2n) is 3.83. The third-order valence-corrected chi connectivity index (χ3v) is 3.52. The molecular weight excluding hydrogens is 228 g/mol. The van der Waals surface area contributed by atoms with Crippen molar-refractivity contribution < 1.29 is 19.4 Å². The molecule has 0 saturated carbocycles. The molecule has 1 unspecified atom stereocenters. The van der Waals surface area contributed by atoms with Gasteiger partial charge in [0.1, 0.15) is 5.25 Å². The molecule has 96 valence electrons. The second-order valence-corrected chi connectivity index (χ2v) is 5.08. The van der Waals surface area contributed by atoms with Gasteiger partial charge in [-0.2, -0.15) is 0 Å². The summed E-state index contributed by atoms with van der Waals surface area (Å²) in [4.78, 5) is 10.9. The Morgan fingerprint density at radius 2 is 2.00 bits per heavy atom. The molecule has 4 nitrogen and oxygen atoms in total. The lowest BCUT2D eigenvalue weighted by molar-refractivity contribution is -0.137. The van der Waals surface area contributed by atoms with Crippen LogP contribution in [-0.4, -0.2) is 49.0 Å². The molecule has 0 aliphatic heterocycles. The largest absolute Gasteiger partial charge is 0.480 e. The molecule has 0 amide bonds. The van der Waals surface area contributed by atoms with E-state index < -0.39 is 5.97 Å². The number of ether oxygens (including phenoxy) is 2.